The first-order valence-corrected chi connectivity index (χ1v) is 16.6. The molecule has 2 saturated heterocycles. The number of hydrogen-bond acceptors (Lipinski definition) is 9. The predicted octanol–water partition coefficient (Wildman–Crippen LogP) is 5.54. The van der Waals surface area contributed by atoms with E-state index in [2.05, 4.69) is 54.6 Å². The average molecular weight is 811 g/mol. The van der Waals surface area contributed by atoms with Crippen LogP contribution in [0.15, 0.2) is 85.2 Å². The number of amides is 1. The summed E-state index contributed by atoms with van der Waals surface area (Å²) in [5.41, 5.74) is 2.92. The van der Waals surface area contributed by atoms with Gasteiger partial charge in [-0.2, -0.15) is 17.9 Å². The number of halogens is 6. The number of methoxy groups -OCH3 is 2. The first-order chi connectivity index (χ1) is 24.7. The minimum Gasteiger partial charge on any atom is -0.496 e. The summed E-state index contributed by atoms with van der Waals surface area (Å²) < 4.78 is 55.7. The number of piperazine rings is 2. The van der Waals surface area contributed by atoms with E-state index >= 15 is 0 Å². The highest BCUT2D eigenvalue weighted by Gasteiger charge is 2.44. The molecule has 0 aliphatic carbocycles. The van der Waals surface area contributed by atoms with Crippen LogP contribution in [0.3, 0.4) is 0 Å². The van der Waals surface area contributed by atoms with Crippen molar-refractivity contribution in [2.24, 2.45) is 7.05 Å². The lowest BCUT2D eigenvalue weighted by atomic mass is 9.81. The van der Waals surface area contributed by atoms with Crippen LogP contribution in [0.4, 0.5) is 13.2 Å². The van der Waals surface area contributed by atoms with Crippen molar-refractivity contribution in [2.45, 2.75) is 30.7 Å². The Morgan fingerprint density at radius 3 is 2.13 bits per heavy atom. The van der Waals surface area contributed by atoms with Crippen molar-refractivity contribution in [1.82, 2.24) is 44.5 Å². The Morgan fingerprint density at radius 2 is 1.56 bits per heavy atom. The number of carbonyl (C=O) groups is 1. The van der Waals surface area contributed by atoms with Crippen LogP contribution in [0.1, 0.15) is 39.1 Å². The van der Waals surface area contributed by atoms with Crippen LogP contribution < -0.4 is 9.47 Å². The monoisotopic (exact) mass is 809 g/mol. The molecule has 2 aliphatic heterocycles. The molecule has 0 saturated carbocycles. The molecule has 2 aliphatic rings. The van der Waals surface area contributed by atoms with E-state index in [-0.39, 0.29) is 79.1 Å². The van der Waals surface area contributed by atoms with Crippen molar-refractivity contribution in [2.75, 3.05) is 46.9 Å². The number of rotatable bonds is 9. The highest BCUT2D eigenvalue weighted by molar-refractivity contribution is 5.91. The van der Waals surface area contributed by atoms with Gasteiger partial charge in [-0.1, -0.05) is 60.7 Å². The van der Waals surface area contributed by atoms with Crippen LogP contribution >= 0.6 is 37.2 Å². The number of fused-ring (bicyclic) bond motifs is 1. The third-order valence-corrected chi connectivity index (χ3v) is 9.82. The molecule has 12 nitrogen and oxygen atoms in total. The van der Waals surface area contributed by atoms with Crippen molar-refractivity contribution in [3.63, 3.8) is 0 Å². The quantitative estimate of drug-likeness (QED) is 0.190. The van der Waals surface area contributed by atoms with Crippen LogP contribution in [0.25, 0.3) is 5.69 Å². The Hall–Kier alpha value is -4.41. The molecule has 5 aromatic rings. The third kappa shape index (κ3) is 8.30. The molecular formula is C36H41Cl3F3N9O3. The van der Waals surface area contributed by atoms with Crippen LogP contribution in [0.2, 0.25) is 0 Å². The average Bonchev–Trinajstić information content (AvgIpc) is 3.82. The van der Waals surface area contributed by atoms with Crippen LogP contribution in [0.5, 0.6) is 11.5 Å². The number of ether oxygens (including phenoxy) is 2. The van der Waals surface area contributed by atoms with Gasteiger partial charge in [-0.15, -0.1) is 42.3 Å². The Morgan fingerprint density at radius 1 is 0.889 bits per heavy atom. The molecule has 0 N–H and O–H groups in total. The van der Waals surface area contributed by atoms with Gasteiger partial charge in [0.15, 0.2) is 11.6 Å². The summed E-state index contributed by atoms with van der Waals surface area (Å²) in [5, 5.41) is 10.2. The van der Waals surface area contributed by atoms with E-state index in [1.54, 1.807) is 30.1 Å². The van der Waals surface area contributed by atoms with E-state index in [9.17, 15) is 18.0 Å². The van der Waals surface area contributed by atoms with Gasteiger partial charge in [0.2, 0.25) is 0 Å². The van der Waals surface area contributed by atoms with Gasteiger partial charge >= 0.3 is 6.18 Å². The first kappa shape index (κ1) is 42.3. The second-order valence-electron chi connectivity index (χ2n) is 12.8. The van der Waals surface area contributed by atoms with E-state index in [1.165, 1.54) is 20.3 Å². The molecule has 0 unspecified atom stereocenters. The number of benzene rings is 3. The Balaban J connectivity index is 0.00000217. The van der Waals surface area contributed by atoms with Gasteiger partial charge in [0, 0.05) is 76.7 Å². The Bertz CT molecular complexity index is 1950. The van der Waals surface area contributed by atoms with Gasteiger partial charge in [0.05, 0.1) is 19.8 Å². The predicted molar refractivity (Wildman–Crippen MR) is 202 cm³/mol. The molecular weight excluding hydrogens is 770 g/mol. The summed E-state index contributed by atoms with van der Waals surface area (Å²) in [6, 6.07) is 23.7. The molecule has 290 valence electrons. The number of carbonyl (C=O) groups excluding carboxylic acids is 1. The van der Waals surface area contributed by atoms with E-state index < -0.39 is 12.0 Å². The lowest BCUT2D eigenvalue weighted by Gasteiger charge is -2.53. The maximum absolute atomic E-state index is 13.9. The molecule has 2 aromatic heterocycles. The van der Waals surface area contributed by atoms with Gasteiger partial charge in [-0.25, -0.2) is 4.98 Å². The van der Waals surface area contributed by atoms with Crippen LogP contribution in [0, 0.1) is 0 Å². The van der Waals surface area contributed by atoms with E-state index in [0.717, 1.165) is 11.1 Å². The fraction of sp³-hybridized carbons (Fsp3) is 0.361. The molecule has 4 heterocycles. The van der Waals surface area contributed by atoms with E-state index in [1.807, 2.05) is 41.3 Å². The fourth-order valence-electron chi connectivity index (χ4n) is 7.57. The van der Waals surface area contributed by atoms with Crippen molar-refractivity contribution >= 4 is 43.1 Å². The molecule has 0 spiro atoms. The lowest BCUT2D eigenvalue weighted by molar-refractivity contribution is -0.146. The minimum atomic E-state index is -4.79. The fourth-order valence-corrected chi connectivity index (χ4v) is 7.57. The largest absolute Gasteiger partial charge is 0.496 e. The van der Waals surface area contributed by atoms with Gasteiger partial charge < -0.3 is 18.9 Å². The number of alkyl halides is 3. The third-order valence-electron chi connectivity index (χ3n) is 9.82. The number of aromatic nitrogens is 6. The van der Waals surface area contributed by atoms with Gasteiger partial charge in [-0.3, -0.25) is 14.6 Å². The molecule has 3 aromatic carbocycles. The van der Waals surface area contributed by atoms with Gasteiger partial charge in [0.25, 0.3) is 11.7 Å². The SMILES string of the molecule is COc1ccc(-n2nnnc2C(F)(F)F)c(OC)c1CN1C[C@@H]2CN(C(=O)c3nccn3C)CCN2[C@H](C(c2ccccc2)c2ccccc2)C1.Cl.Cl.Cl. The molecule has 0 radical (unpaired) electrons. The maximum Gasteiger partial charge on any atom is 0.453 e. The standard InChI is InChI=1S/C36H38F3N9O3.3ClH/c1-44-17-16-40-33(44)34(49)46-18-19-47-26(21-46)20-45(23-29(47)31(24-10-6-4-7-11-24)25-12-8-5-9-13-25)22-27-30(50-2)15-14-28(32(27)51-3)48-35(36(37,38)39)41-42-43-48;;;/h4-17,26,29,31H,18-23H2,1-3H3;3*1H/t26-,29+;;;/m1.../s1. The molecule has 54 heavy (non-hydrogen) atoms. The molecule has 2 fully saturated rings. The summed E-state index contributed by atoms with van der Waals surface area (Å²) in [7, 11) is 4.73. The summed E-state index contributed by atoms with van der Waals surface area (Å²) in [6.07, 6.45) is -1.41. The van der Waals surface area contributed by atoms with Crippen molar-refractivity contribution in [3.8, 4) is 17.2 Å². The Kier molecular flexibility index (Phi) is 14.0. The molecule has 18 heteroatoms. The van der Waals surface area contributed by atoms with Crippen molar-refractivity contribution in [1.29, 1.82) is 0 Å². The van der Waals surface area contributed by atoms with Crippen molar-refractivity contribution < 1.29 is 27.4 Å². The van der Waals surface area contributed by atoms with E-state index in [0.29, 0.717) is 54.5 Å². The molecule has 2 atom stereocenters. The summed E-state index contributed by atoms with van der Waals surface area (Å²) >= 11 is 0. The smallest absolute Gasteiger partial charge is 0.453 e. The highest BCUT2D eigenvalue weighted by atomic mass is 35.5. The molecule has 7 rings (SSSR count). The number of hydrogen-bond donors (Lipinski definition) is 0. The van der Waals surface area contributed by atoms with E-state index in [4.69, 9.17) is 9.47 Å². The summed E-state index contributed by atoms with van der Waals surface area (Å²) in [5.74, 6) is -0.403. The normalized spacial score (nSPS) is 17.5. The second kappa shape index (κ2) is 17.8. The maximum atomic E-state index is 13.9. The lowest BCUT2D eigenvalue weighted by Crippen LogP contribution is -2.67. The van der Waals surface area contributed by atoms with Gasteiger partial charge in [-0.05, 0) is 33.7 Å². The highest BCUT2D eigenvalue weighted by Crippen LogP contribution is 2.40. The second-order valence-corrected chi connectivity index (χ2v) is 12.8. The van der Waals surface area contributed by atoms with Gasteiger partial charge in [0.1, 0.15) is 11.4 Å². The zero-order valence-electron chi connectivity index (χ0n) is 29.7. The zero-order valence-corrected chi connectivity index (χ0v) is 32.1. The van der Waals surface area contributed by atoms with Crippen LogP contribution in [-0.4, -0.2) is 109 Å². The summed E-state index contributed by atoms with van der Waals surface area (Å²) in [6.45, 7) is 3.17. The molecule has 1 amide bonds. The van der Waals surface area contributed by atoms with Crippen LogP contribution in [-0.2, 0) is 19.8 Å². The number of aryl methyl sites for hydroxylation is 1. The number of nitrogens with zero attached hydrogens (tertiary/aromatic N) is 9. The number of tetrazole rings is 1. The molecule has 0 bridgehead atoms. The topological polar surface area (TPSA) is 107 Å². The first-order valence-electron chi connectivity index (χ1n) is 16.6. The zero-order chi connectivity index (χ0) is 35.7. The number of imidazole rings is 1. The summed E-state index contributed by atoms with van der Waals surface area (Å²) in [4.78, 5) is 24.6. The minimum absolute atomic E-state index is 0. The van der Waals surface area contributed by atoms with Crippen molar-refractivity contribution in [3.05, 3.63) is 114 Å². The Labute approximate surface area is 329 Å².